The Bertz CT molecular complexity index is 564. The van der Waals surface area contributed by atoms with Gasteiger partial charge in [0.05, 0.1) is 17.7 Å². The summed E-state index contributed by atoms with van der Waals surface area (Å²) in [6.45, 7) is -1.20. The van der Waals surface area contributed by atoms with Crippen LogP contribution in [0.4, 0.5) is 0 Å². The Labute approximate surface area is 113 Å². The Balaban J connectivity index is 2.02. The third kappa shape index (κ3) is 2.50. The second kappa shape index (κ2) is 5.49. The first-order valence-electron chi connectivity index (χ1n) is 5.69. The summed E-state index contributed by atoms with van der Waals surface area (Å²) in [5, 5.41) is 11.2. The molecule has 0 unspecified atom stereocenters. The number of hydrazine groups is 1. The predicted octanol–water partition coefficient (Wildman–Crippen LogP) is -1.58. The maximum absolute atomic E-state index is 11.9. The van der Waals surface area contributed by atoms with Crippen molar-refractivity contribution >= 4 is 23.6 Å². The van der Waals surface area contributed by atoms with Gasteiger partial charge in [-0.25, -0.2) is 0 Å². The van der Waals surface area contributed by atoms with Crippen molar-refractivity contribution in [3.8, 4) is 0 Å². The Hall–Kier alpha value is -2.74. The highest BCUT2D eigenvalue weighted by Gasteiger charge is 2.36. The Morgan fingerprint density at radius 2 is 1.60 bits per heavy atom. The maximum atomic E-state index is 11.9. The highest BCUT2D eigenvalue weighted by Crippen LogP contribution is 2.20. The van der Waals surface area contributed by atoms with E-state index in [2.05, 4.69) is 10.7 Å². The second-order valence-electron chi connectivity index (χ2n) is 3.96. The molecule has 8 heteroatoms. The summed E-state index contributed by atoms with van der Waals surface area (Å²) in [6, 6.07) is 6.18. The molecule has 0 saturated heterocycles. The highest BCUT2D eigenvalue weighted by atomic mass is 16.3. The molecule has 1 aliphatic heterocycles. The van der Waals surface area contributed by atoms with Gasteiger partial charge < -0.3 is 10.4 Å². The van der Waals surface area contributed by atoms with Crippen molar-refractivity contribution in [3.63, 3.8) is 0 Å². The third-order valence-electron chi connectivity index (χ3n) is 2.62. The van der Waals surface area contributed by atoms with Crippen LogP contribution in [0.25, 0.3) is 0 Å². The molecule has 1 aromatic rings. The highest BCUT2D eigenvalue weighted by molar-refractivity contribution is 6.21. The summed E-state index contributed by atoms with van der Waals surface area (Å²) in [4.78, 5) is 46.1. The normalized spacial score (nSPS) is 13.2. The molecular formula is C12H11N3O5. The molecule has 0 radical (unpaired) electrons. The molecule has 0 bridgehead atoms. The summed E-state index contributed by atoms with van der Waals surface area (Å²) >= 11 is 0. The minimum atomic E-state index is -0.750. The molecule has 0 atom stereocenters. The lowest BCUT2D eigenvalue weighted by atomic mass is 10.1. The van der Waals surface area contributed by atoms with Crippen molar-refractivity contribution in [2.45, 2.75) is 0 Å². The van der Waals surface area contributed by atoms with Crippen molar-refractivity contribution in [2.24, 2.45) is 0 Å². The number of amides is 4. The molecular weight excluding hydrogens is 266 g/mol. The van der Waals surface area contributed by atoms with Crippen molar-refractivity contribution in [2.75, 3.05) is 13.2 Å². The lowest BCUT2D eigenvalue weighted by molar-refractivity contribution is -0.129. The van der Waals surface area contributed by atoms with E-state index in [4.69, 9.17) is 5.11 Å². The minimum Gasteiger partial charge on any atom is -0.387 e. The van der Waals surface area contributed by atoms with Gasteiger partial charge in [0.15, 0.2) is 0 Å². The number of aliphatic hydroxyl groups is 1. The van der Waals surface area contributed by atoms with Crippen LogP contribution in [-0.2, 0) is 9.59 Å². The molecule has 1 aliphatic rings. The first-order valence-corrected chi connectivity index (χ1v) is 5.69. The molecule has 0 aromatic heterocycles. The topological polar surface area (TPSA) is 116 Å². The van der Waals surface area contributed by atoms with E-state index in [9.17, 15) is 19.2 Å². The maximum Gasteiger partial charge on any atom is 0.280 e. The van der Waals surface area contributed by atoms with Gasteiger partial charge in [-0.15, -0.1) is 0 Å². The number of carbonyl (C=O) groups excluding carboxylic acids is 4. The van der Waals surface area contributed by atoms with Crippen LogP contribution in [0.5, 0.6) is 0 Å². The predicted molar refractivity (Wildman–Crippen MR) is 65.2 cm³/mol. The number of fused-ring (bicyclic) bond motifs is 1. The van der Waals surface area contributed by atoms with E-state index in [0.29, 0.717) is 5.01 Å². The van der Waals surface area contributed by atoms with E-state index >= 15 is 0 Å². The van der Waals surface area contributed by atoms with Crippen LogP contribution in [-0.4, -0.2) is 46.9 Å². The van der Waals surface area contributed by atoms with Crippen molar-refractivity contribution < 1.29 is 24.3 Å². The van der Waals surface area contributed by atoms with Crippen molar-refractivity contribution in [1.82, 2.24) is 15.8 Å². The number of hydrogen-bond donors (Lipinski definition) is 3. The van der Waals surface area contributed by atoms with Gasteiger partial charge in [0.25, 0.3) is 17.7 Å². The smallest absolute Gasteiger partial charge is 0.280 e. The number of benzene rings is 1. The van der Waals surface area contributed by atoms with Gasteiger partial charge in [-0.1, -0.05) is 12.1 Å². The molecule has 0 saturated carbocycles. The molecule has 8 nitrogen and oxygen atoms in total. The van der Waals surface area contributed by atoms with Crippen LogP contribution in [0.2, 0.25) is 0 Å². The quantitative estimate of drug-likeness (QED) is 0.574. The monoisotopic (exact) mass is 277 g/mol. The zero-order valence-electron chi connectivity index (χ0n) is 10.3. The average Bonchev–Trinajstić information content (AvgIpc) is 2.70. The molecule has 1 heterocycles. The number of nitrogens with one attached hydrogen (secondary N) is 2. The number of hydrogen-bond acceptors (Lipinski definition) is 5. The summed E-state index contributed by atoms with van der Waals surface area (Å²) in [5.41, 5.74) is 2.52. The van der Waals surface area contributed by atoms with Gasteiger partial charge in [0, 0.05) is 0 Å². The second-order valence-corrected chi connectivity index (χ2v) is 3.96. The summed E-state index contributed by atoms with van der Waals surface area (Å²) in [6.07, 6.45) is 0. The first-order chi connectivity index (χ1) is 9.54. The number of carbonyl (C=O) groups is 4. The Morgan fingerprint density at radius 3 is 2.10 bits per heavy atom. The molecule has 0 spiro atoms. The molecule has 0 fully saturated rings. The van der Waals surface area contributed by atoms with Crippen LogP contribution >= 0.6 is 0 Å². The molecule has 3 N–H and O–H groups in total. The molecule has 0 aliphatic carbocycles. The zero-order valence-corrected chi connectivity index (χ0v) is 10.3. The van der Waals surface area contributed by atoms with E-state index in [1.165, 1.54) is 12.1 Å². The fourth-order valence-electron chi connectivity index (χ4n) is 1.69. The van der Waals surface area contributed by atoms with Crippen LogP contribution in [0.1, 0.15) is 20.7 Å². The lowest BCUT2D eigenvalue weighted by Crippen LogP contribution is -2.49. The van der Waals surface area contributed by atoms with Crippen LogP contribution in [0, 0.1) is 0 Å². The number of rotatable bonds is 4. The zero-order chi connectivity index (χ0) is 14.7. The summed E-state index contributed by atoms with van der Waals surface area (Å²) in [7, 11) is 0. The van der Waals surface area contributed by atoms with Gasteiger partial charge >= 0.3 is 0 Å². The standard InChI is InChI=1S/C12H11N3O5/c16-6-10(18)13-5-9(17)14-15-11(19)7-3-1-2-4-8(7)12(15)20/h1-4,16H,5-6H2,(H,13,18)(H,14,17). The van der Waals surface area contributed by atoms with Crippen LogP contribution in [0.3, 0.4) is 0 Å². The number of nitrogens with zero attached hydrogens (tertiary/aromatic N) is 1. The Morgan fingerprint density at radius 1 is 1.05 bits per heavy atom. The molecule has 2 rings (SSSR count). The van der Waals surface area contributed by atoms with E-state index in [-0.39, 0.29) is 11.1 Å². The molecule has 20 heavy (non-hydrogen) atoms. The SMILES string of the molecule is O=C(CO)NCC(=O)NN1C(=O)c2ccccc2C1=O. The van der Waals surface area contributed by atoms with Crippen LogP contribution in [0.15, 0.2) is 24.3 Å². The fourth-order valence-corrected chi connectivity index (χ4v) is 1.69. The van der Waals surface area contributed by atoms with Crippen molar-refractivity contribution in [3.05, 3.63) is 35.4 Å². The van der Waals surface area contributed by atoms with E-state index in [1.807, 2.05) is 0 Å². The Kier molecular flexibility index (Phi) is 3.76. The molecule has 104 valence electrons. The van der Waals surface area contributed by atoms with Gasteiger partial charge in [0.1, 0.15) is 6.61 Å². The van der Waals surface area contributed by atoms with Gasteiger partial charge in [-0.2, -0.15) is 5.01 Å². The number of aliphatic hydroxyl groups excluding tert-OH is 1. The van der Waals surface area contributed by atoms with E-state index in [1.54, 1.807) is 12.1 Å². The largest absolute Gasteiger partial charge is 0.387 e. The van der Waals surface area contributed by atoms with Crippen LogP contribution < -0.4 is 10.7 Å². The van der Waals surface area contributed by atoms with Gasteiger partial charge in [-0.3, -0.25) is 24.6 Å². The van der Waals surface area contributed by atoms with Crippen molar-refractivity contribution in [1.29, 1.82) is 0 Å². The average molecular weight is 277 g/mol. The van der Waals surface area contributed by atoms with Gasteiger partial charge in [-0.05, 0) is 12.1 Å². The lowest BCUT2D eigenvalue weighted by Gasteiger charge is -2.15. The third-order valence-corrected chi connectivity index (χ3v) is 2.62. The fraction of sp³-hybridized carbons (Fsp3) is 0.167. The molecule has 4 amide bonds. The van der Waals surface area contributed by atoms with E-state index in [0.717, 1.165) is 0 Å². The van der Waals surface area contributed by atoms with Gasteiger partial charge in [0.2, 0.25) is 5.91 Å². The molecule has 1 aromatic carbocycles. The number of imide groups is 1. The van der Waals surface area contributed by atoms with E-state index < -0.39 is 36.8 Å². The first kappa shape index (κ1) is 13.7. The minimum absolute atomic E-state index is 0.206. The summed E-state index contributed by atoms with van der Waals surface area (Å²) in [5.74, 6) is -2.75. The summed E-state index contributed by atoms with van der Waals surface area (Å²) < 4.78 is 0.